The molecule has 0 aliphatic rings. The number of furan rings is 1. The standard InChI is InChI=1S/C10H12BrN5O3S/c1-2-12-6-7-5-8(9(11)19-7)20(17,18)16-10-13-3-4-14-15-10/h3-5,12H,2,6H2,1H3,(H,13,15,16). The van der Waals surface area contributed by atoms with Crippen molar-refractivity contribution in [2.75, 3.05) is 11.3 Å². The number of halogens is 1. The van der Waals surface area contributed by atoms with E-state index >= 15 is 0 Å². The molecule has 8 nitrogen and oxygen atoms in total. The molecule has 2 N–H and O–H groups in total. The number of nitrogens with zero attached hydrogens (tertiary/aromatic N) is 3. The van der Waals surface area contributed by atoms with E-state index in [0.717, 1.165) is 6.54 Å². The molecule has 0 radical (unpaired) electrons. The minimum atomic E-state index is -3.83. The largest absolute Gasteiger partial charge is 0.451 e. The van der Waals surface area contributed by atoms with Crippen molar-refractivity contribution in [3.63, 3.8) is 0 Å². The maximum atomic E-state index is 12.2. The molecule has 2 rings (SSSR count). The van der Waals surface area contributed by atoms with Crippen molar-refractivity contribution in [1.29, 1.82) is 0 Å². The molecule has 0 aromatic carbocycles. The van der Waals surface area contributed by atoms with Crippen molar-refractivity contribution in [3.8, 4) is 0 Å². The van der Waals surface area contributed by atoms with Crippen molar-refractivity contribution in [2.45, 2.75) is 18.4 Å². The molecule has 0 saturated heterocycles. The van der Waals surface area contributed by atoms with Gasteiger partial charge in [-0.2, -0.15) is 5.10 Å². The predicted octanol–water partition coefficient (Wildman–Crippen LogP) is 1.14. The molecule has 0 aliphatic carbocycles. The van der Waals surface area contributed by atoms with Gasteiger partial charge < -0.3 is 9.73 Å². The molecular formula is C10H12BrN5O3S. The Labute approximate surface area is 124 Å². The Morgan fingerprint density at radius 3 is 2.85 bits per heavy atom. The van der Waals surface area contributed by atoms with Crippen molar-refractivity contribution >= 4 is 31.9 Å². The van der Waals surface area contributed by atoms with Gasteiger partial charge >= 0.3 is 0 Å². The summed E-state index contributed by atoms with van der Waals surface area (Å²) in [6.45, 7) is 3.13. The lowest BCUT2D eigenvalue weighted by Crippen LogP contribution is -2.15. The number of aromatic nitrogens is 3. The van der Waals surface area contributed by atoms with Gasteiger partial charge in [-0.25, -0.2) is 18.1 Å². The predicted molar refractivity (Wildman–Crippen MR) is 74.4 cm³/mol. The number of hydrogen-bond acceptors (Lipinski definition) is 7. The molecule has 20 heavy (non-hydrogen) atoms. The van der Waals surface area contributed by atoms with Crippen LogP contribution in [0.5, 0.6) is 0 Å². The Bertz CT molecular complexity index is 673. The first-order chi connectivity index (χ1) is 9.53. The zero-order valence-corrected chi connectivity index (χ0v) is 12.9. The van der Waals surface area contributed by atoms with Crippen molar-refractivity contribution in [1.82, 2.24) is 20.5 Å². The van der Waals surface area contributed by atoms with E-state index in [-0.39, 0.29) is 15.5 Å². The van der Waals surface area contributed by atoms with E-state index < -0.39 is 10.0 Å². The molecule has 0 amide bonds. The Morgan fingerprint density at radius 2 is 2.20 bits per heavy atom. The van der Waals surface area contributed by atoms with Crippen LogP contribution < -0.4 is 10.0 Å². The smallest absolute Gasteiger partial charge is 0.268 e. The second-order valence-electron chi connectivity index (χ2n) is 3.70. The molecule has 0 spiro atoms. The van der Waals surface area contributed by atoms with Crippen LogP contribution in [0.3, 0.4) is 0 Å². The zero-order valence-electron chi connectivity index (χ0n) is 10.5. The SMILES string of the molecule is CCNCc1cc(S(=O)(=O)Nc2nccnn2)c(Br)o1. The van der Waals surface area contributed by atoms with E-state index in [1.807, 2.05) is 6.92 Å². The molecule has 2 heterocycles. The fourth-order valence-corrected chi connectivity index (χ4v) is 3.33. The van der Waals surface area contributed by atoms with Crippen LogP contribution >= 0.6 is 15.9 Å². The second kappa shape index (κ2) is 6.29. The molecule has 0 bridgehead atoms. The van der Waals surface area contributed by atoms with Crippen LogP contribution in [0.4, 0.5) is 5.95 Å². The molecule has 0 fully saturated rings. The summed E-state index contributed by atoms with van der Waals surface area (Å²) < 4.78 is 32.0. The minimum absolute atomic E-state index is 0.0159. The highest BCUT2D eigenvalue weighted by Gasteiger charge is 2.23. The van der Waals surface area contributed by atoms with Crippen LogP contribution in [-0.4, -0.2) is 30.1 Å². The quantitative estimate of drug-likeness (QED) is 0.793. The van der Waals surface area contributed by atoms with Crippen molar-refractivity contribution in [3.05, 3.63) is 28.9 Å². The normalized spacial score (nSPS) is 11.5. The second-order valence-corrected chi connectivity index (χ2v) is 6.07. The lowest BCUT2D eigenvalue weighted by atomic mass is 10.4. The van der Waals surface area contributed by atoms with Gasteiger partial charge in [-0.3, -0.25) is 0 Å². The zero-order chi connectivity index (χ0) is 14.6. The van der Waals surface area contributed by atoms with Crippen molar-refractivity contribution in [2.24, 2.45) is 0 Å². The molecule has 10 heteroatoms. The molecule has 0 saturated carbocycles. The third-order valence-electron chi connectivity index (χ3n) is 2.25. The van der Waals surface area contributed by atoms with Crippen LogP contribution in [0, 0.1) is 0 Å². The van der Waals surface area contributed by atoms with Gasteiger partial charge in [-0.1, -0.05) is 6.92 Å². The van der Waals surface area contributed by atoms with Crippen molar-refractivity contribution < 1.29 is 12.8 Å². The Morgan fingerprint density at radius 1 is 1.40 bits per heavy atom. The summed E-state index contributed by atoms with van der Waals surface area (Å²) in [5.41, 5.74) is 0. The van der Waals surface area contributed by atoms with Gasteiger partial charge in [-0.15, -0.1) is 5.10 Å². The summed E-state index contributed by atoms with van der Waals surface area (Å²) >= 11 is 3.09. The Balaban J connectivity index is 2.23. The minimum Gasteiger partial charge on any atom is -0.451 e. The van der Waals surface area contributed by atoms with Gasteiger partial charge in [0.15, 0.2) is 4.67 Å². The van der Waals surface area contributed by atoms with Gasteiger partial charge in [0, 0.05) is 6.07 Å². The number of anilines is 1. The maximum Gasteiger partial charge on any atom is 0.268 e. The topological polar surface area (TPSA) is 110 Å². The molecule has 0 atom stereocenters. The van der Waals surface area contributed by atoms with Gasteiger partial charge in [0.1, 0.15) is 10.7 Å². The third kappa shape index (κ3) is 3.52. The molecule has 108 valence electrons. The van der Waals surface area contributed by atoms with Crippen LogP contribution in [0.2, 0.25) is 0 Å². The maximum absolute atomic E-state index is 12.2. The molecular weight excluding hydrogens is 350 g/mol. The van der Waals surface area contributed by atoms with Crippen LogP contribution in [0.1, 0.15) is 12.7 Å². The average molecular weight is 362 g/mol. The van der Waals surface area contributed by atoms with E-state index in [0.29, 0.717) is 12.3 Å². The Hall–Kier alpha value is -1.52. The molecule has 0 aliphatic heterocycles. The van der Waals surface area contributed by atoms with E-state index in [1.165, 1.54) is 18.5 Å². The highest BCUT2D eigenvalue weighted by atomic mass is 79.9. The van der Waals surface area contributed by atoms with Crippen LogP contribution in [-0.2, 0) is 16.6 Å². The first-order valence-electron chi connectivity index (χ1n) is 5.68. The van der Waals surface area contributed by atoms with Crippen LogP contribution in [0.15, 0.2) is 32.4 Å². The third-order valence-corrected chi connectivity index (χ3v) is 4.44. The summed E-state index contributed by atoms with van der Waals surface area (Å²) in [6, 6.07) is 1.44. The number of rotatable bonds is 6. The average Bonchev–Trinajstić information content (AvgIpc) is 2.79. The number of nitrogens with one attached hydrogen (secondary N) is 2. The van der Waals surface area contributed by atoms with Gasteiger partial charge in [-0.05, 0) is 22.5 Å². The summed E-state index contributed by atoms with van der Waals surface area (Å²) in [6.07, 6.45) is 2.69. The summed E-state index contributed by atoms with van der Waals surface area (Å²) in [5, 5.41) is 10.2. The summed E-state index contributed by atoms with van der Waals surface area (Å²) in [4.78, 5) is 3.74. The lowest BCUT2D eigenvalue weighted by molar-refractivity contribution is 0.464. The van der Waals surface area contributed by atoms with Gasteiger partial charge in [0.05, 0.1) is 18.9 Å². The highest BCUT2D eigenvalue weighted by molar-refractivity contribution is 9.10. The Kier molecular flexibility index (Phi) is 4.68. The van der Waals surface area contributed by atoms with E-state index in [2.05, 4.69) is 41.2 Å². The molecule has 2 aromatic heterocycles. The van der Waals surface area contributed by atoms with E-state index in [9.17, 15) is 8.42 Å². The highest BCUT2D eigenvalue weighted by Crippen LogP contribution is 2.27. The van der Waals surface area contributed by atoms with Gasteiger partial charge in [0.25, 0.3) is 16.0 Å². The monoisotopic (exact) mass is 361 g/mol. The fourth-order valence-electron chi connectivity index (χ4n) is 1.39. The molecule has 2 aromatic rings. The van der Waals surface area contributed by atoms with E-state index in [1.54, 1.807) is 0 Å². The number of hydrogen-bond donors (Lipinski definition) is 2. The lowest BCUT2D eigenvalue weighted by Gasteiger charge is -2.03. The summed E-state index contributed by atoms with van der Waals surface area (Å²) in [7, 11) is -3.83. The number of sulfonamides is 1. The summed E-state index contributed by atoms with van der Waals surface area (Å²) in [5.74, 6) is 0.403. The van der Waals surface area contributed by atoms with E-state index in [4.69, 9.17) is 4.42 Å². The van der Waals surface area contributed by atoms with Gasteiger partial charge in [0.2, 0.25) is 0 Å². The molecule has 0 unspecified atom stereocenters. The first-order valence-corrected chi connectivity index (χ1v) is 7.96. The fraction of sp³-hybridized carbons (Fsp3) is 0.300. The van der Waals surface area contributed by atoms with Crippen LogP contribution in [0.25, 0.3) is 0 Å². The first kappa shape index (κ1) is 14.9.